The molecule has 2 aromatic rings. The van der Waals surface area contributed by atoms with Crippen molar-refractivity contribution < 1.29 is 14.3 Å². The molecule has 0 bridgehead atoms. The maximum Gasteiger partial charge on any atom is 0.328 e. The largest absolute Gasteiger partial charge is 0.497 e. The van der Waals surface area contributed by atoms with Gasteiger partial charge in [0.05, 0.1) is 13.7 Å². The number of nitrogens with one attached hydrogen (secondary N) is 1. The minimum absolute atomic E-state index is 0.165. The summed E-state index contributed by atoms with van der Waals surface area (Å²) in [6.45, 7) is 2.25. The summed E-state index contributed by atoms with van der Waals surface area (Å²) in [5, 5.41) is 3.41. The fraction of sp³-hybridized carbons (Fsp3) is 0.350. The standard InChI is InChI=1S/C20H21NO3/c1-3-24-20(22)19-16-10-12-6-4-5-7-14(12)18(16)15-11-13(23-2)8-9-17(15)21-19/h4-9,11,16,18-19,21H,3,10H2,1-2H3/t16?,18?,19-/m0/s1. The lowest BCUT2D eigenvalue weighted by molar-refractivity contribution is -0.145. The van der Waals surface area contributed by atoms with E-state index in [1.807, 2.05) is 19.1 Å². The molecule has 4 rings (SSSR count). The highest BCUT2D eigenvalue weighted by atomic mass is 16.5. The molecule has 1 aliphatic heterocycles. The molecule has 0 fully saturated rings. The first-order valence-electron chi connectivity index (χ1n) is 8.41. The maximum absolute atomic E-state index is 12.5. The van der Waals surface area contributed by atoms with Crippen molar-refractivity contribution in [3.63, 3.8) is 0 Å². The molecule has 1 N–H and O–H groups in total. The van der Waals surface area contributed by atoms with E-state index in [1.54, 1.807) is 7.11 Å². The summed E-state index contributed by atoms with van der Waals surface area (Å²) in [5.74, 6) is 1.04. The number of methoxy groups -OCH3 is 1. The molecule has 0 saturated carbocycles. The quantitative estimate of drug-likeness (QED) is 0.880. The summed E-state index contributed by atoms with van der Waals surface area (Å²) in [5.41, 5.74) is 4.82. The molecule has 4 nitrogen and oxygen atoms in total. The number of anilines is 1. The molecule has 0 aromatic heterocycles. The summed E-state index contributed by atoms with van der Waals surface area (Å²) >= 11 is 0. The minimum atomic E-state index is -0.316. The van der Waals surface area contributed by atoms with Crippen LogP contribution < -0.4 is 10.1 Å². The van der Waals surface area contributed by atoms with Crippen LogP contribution in [0.1, 0.15) is 29.5 Å². The smallest absolute Gasteiger partial charge is 0.328 e. The van der Waals surface area contributed by atoms with Crippen LogP contribution in [0.4, 0.5) is 5.69 Å². The van der Waals surface area contributed by atoms with Gasteiger partial charge < -0.3 is 14.8 Å². The van der Waals surface area contributed by atoms with Gasteiger partial charge in [-0.1, -0.05) is 24.3 Å². The fourth-order valence-electron chi connectivity index (χ4n) is 4.13. The van der Waals surface area contributed by atoms with E-state index in [2.05, 4.69) is 35.6 Å². The van der Waals surface area contributed by atoms with Crippen LogP contribution in [-0.2, 0) is 16.0 Å². The lowest BCUT2D eigenvalue weighted by Gasteiger charge is -2.36. The second-order valence-electron chi connectivity index (χ2n) is 6.37. The Kier molecular flexibility index (Phi) is 3.68. The Hall–Kier alpha value is -2.49. The number of esters is 1. The zero-order valence-corrected chi connectivity index (χ0v) is 13.9. The van der Waals surface area contributed by atoms with Crippen molar-refractivity contribution in [2.24, 2.45) is 5.92 Å². The van der Waals surface area contributed by atoms with E-state index in [-0.39, 0.29) is 23.8 Å². The van der Waals surface area contributed by atoms with E-state index in [4.69, 9.17) is 9.47 Å². The van der Waals surface area contributed by atoms with Gasteiger partial charge in [-0.15, -0.1) is 0 Å². The molecule has 3 atom stereocenters. The Morgan fingerprint density at radius 1 is 1.21 bits per heavy atom. The minimum Gasteiger partial charge on any atom is -0.497 e. The lowest BCUT2D eigenvalue weighted by Crippen LogP contribution is -2.43. The van der Waals surface area contributed by atoms with Crippen LogP contribution in [0.25, 0.3) is 0 Å². The van der Waals surface area contributed by atoms with Crippen LogP contribution in [0.5, 0.6) is 5.75 Å². The van der Waals surface area contributed by atoms with E-state index < -0.39 is 0 Å². The van der Waals surface area contributed by atoms with E-state index in [0.29, 0.717) is 6.61 Å². The third-order valence-corrected chi connectivity index (χ3v) is 5.15. The third kappa shape index (κ3) is 2.25. The van der Waals surface area contributed by atoms with E-state index in [0.717, 1.165) is 17.9 Å². The van der Waals surface area contributed by atoms with E-state index in [1.165, 1.54) is 16.7 Å². The number of carbonyl (C=O) groups excluding carboxylic acids is 1. The Bertz CT molecular complexity index is 786. The van der Waals surface area contributed by atoms with Gasteiger partial charge in [-0.2, -0.15) is 0 Å². The molecular weight excluding hydrogens is 302 g/mol. The van der Waals surface area contributed by atoms with Gasteiger partial charge in [-0.3, -0.25) is 0 Å². The normalized spacial score (nSPS) is 23.5. The second kappa shape index (κ2) is 5.86. The number of carbonyl (C=O) groups is 1. The van der Waals surface area contributed by atoms with Crippen molar-refractivity contribution in [1.29, 1.82) is 0 Å². The number of rotatable bonds is 3. The van der Waals surface area contributed by atoms with E-state index >= 15 is 0 Å². The summed E-state index contributed by atoms with van der Waals surface area (Å²) in [7, 11) is 1.68. The molecule has 0 amide bonds. The van der Waals surface area contributed by atoms with Crippen LogP contribution in [-0.4, -0.2) is 25.7 Å². The van der Waals surface area contributed by atoms with Gasteiger partial charge in [0.2, 0.25) is 0 Å². The summed E-state index contributed by atoms with van der Waals surface area (Å²) in [6.07, 6.45) is 0.883. The van der Waals surface area contributed by atoms with Gasteiger partial charge in [0.1, 0.15) is 11.8 Å². The van der Waals surface area contributed by atoms with Crippen molar-refractivity contribution >= 4 is 11.7 Å². The number of hydrogen-bond donors (Lipinski definition) is 1. The highest BCUT2D eigenvalue weighted by Gasteiger charge is 2.46. The molecule has 124 valence electrons. The molecular formula is C20H21NO3. The molecule has 0 saturated heterocycles. The maximum atomic E-state index is 12.5. The topological polar surface area (TPSA) is 47.6 Å². The first kappa shape index (κ1) is 15.1. The number of ether oxygens (including phenoxy) is 2. The second-order valence-corrected chi connectivity index (χ2v) is 6.37. The Morgan fingerprint density at radius 2 is 2.04 bits per heavy atom. The number of fused-ring (bicyclic) bond motifs is 5. The molecule has 0 spiro atoms. The van der Waals surface area contributed by atoms with Crippen LogP contribution in [0, 0.1) is 5.92 Å². The van der Waals surface area contributed by atoms with Crippen LogP contribution >= 0.6 is 0 Å². The SMILES string of the molecule is CCOC(=O)[C@H]1Nc2ccc(OC)cc2C2c3ccccc3CC21. The molecule has 24 heavy (non-hydrogen) atoms. The summed E-state index contributed by atoms with van der Waals surface area (Å²) < 4.78 is 10.7. The van der Waals surface area contributed by atoms with Crippen LogP contribution in [0.2, 0.25) is 0 Å². The first-order valence-corrected chi connectivity index (χ1v) is 8.41. The van der Waals surface area contributed by atoms with Crippen LogP contribution in [0.15, 0.2) is 42.5 Å². The number of hydrogen-bond acceptors (Lipinski definition) is 4. The summed E-state index contributed by atoms with van der Waals surface area (Å²) in [4.78, 5) is 12.5. The van der Waals surface area contributed by atoms with Crippen molar-refractivity contribution in [3.8, 4) is 5.75 Å². The average Bonchev–Trinajstić information content (AvgIpc) is 3.00. The predicted octanol–water partition coefficient (Wildman–Crippen LogP) is 3.36. The molecule has 1 heterocycles. The number of benzene rings is 2. The lowest BCUT2D eigenvalue weighted by atomic mass is 9.77. The predicted molar refractivity (Wildman–Crippen MR) is 92.5 cm³/mol. The molecule has 1 aliphatic carbocycles. The van der Waals surface area contributed by atoms with E-state index in [9.17, 15) is 4.79 Å². The summed E-state index contributed by atoms with van der Waals surface area (Å²) in [6, 6.07) is 14.2. The van der Waals surface area contributed by atoms with Crippen molar-refractivity contribution in [3.05, 3.63) is 59.2 Å². The highest BCUT2D eigenvalue weighted by molar-refractivity contribution is 5.83. The molecule has 0 radical (unpaired) electrons. The zero-order valence-electron chi connectivity index (χ0n) is 13.9. The fourth-order valence-corrected chi connectivity index (χ4v) is 4.13. The molecule has 4 heteroatoms. The Labute approximate surface area is 141 Å². The van der Waals surface area contributed by atoms with Gasteiger partial charge in [0.25, 0.3) is 0 Å². The zero-order chi connectivity index (χ0) is 16.7. The van der Waals surface area contributed by atoms with Crippen LogP contribution in [0.3, 0.4) is 0 Å². The van der Waals surface area contributed by atoms with Gasteiger partial charge in [-0.25, -0.2) is 4.79 Å². The average molecular weight is 323 g/mol. The van der Waals surface area contributed by atoms with Gasteiger partial charge in [0.15, 0.2) is 0 Å². The molecule has 2 aromatic carbocycles. The van der Waals surface area contributed by atoms with Gasteiger partial charge in [-0.05, 0) is 48.2 Å². The van der Waals surface area contributed by atoms with Crippen molar-refractivity contribution in [2.75, 3.05) is 19.0 Å². The highest BCUT2D eigenvalue weighted by Crippen LogP contribution is 2.50. The Morgan fingerprint density at radius 3 is 2.83 bits per heavy atom. The van der Waals surface area contributed by atoms with Crippen molar-refractivity contribution in [1.82, 2.24) is 0 Å². The van der Waals surface area contributed by atoms with Gasteiger partial charge >= 0.3 is 5.97 Å². The Balaban J connectivity index is 1.84. The monoisotopic (exact) mass is 323 g/mol. The van der Waals surface area contributed by atoms with Crippen molar-refractivity contribution in [2.45, 2.75) is 25.3 Å². The first-order chi connectivity index (χ1) is 11.7. The van der Waals surface area contributed by atoms with Gasteiger partial charge in [0, 0.05) is 17.5 Å². The molecule has 2 aliphatic rings. The third-order valence-electron chi connectivity index (χ3n) is 5.15. The molecule has 2 unspecified atom stereocenters.